The van der Waals surface area contributed by atoms with Gasteiger partial charge in [-0.2, -0.15) is 0 Å². The van der Waals surface area contributed by atoms with Crippen LogP contribution in [0.5, 0.6) is 0 Å². The highest BCUT2D eigenvalue weighted by Crippen LogP contribution is 2.24. The van der Waals surface area contributed by atoms with Crippen LogP contribution in [0.4, 0.5) is 0 Å². The first kappa shape index (κ1) is 11.2. The molecule has 86 valence electrons. The van der Waals surface area contributed by atoms with Crippen molar-refractivity contribution in [1.29, 1.82) is 0 Å². The fraction of sp³-hybridized carbons (Fsp3) is 0.500. The SMILES string of the molecule is C=C(c1cncc(C(C)C)c1)N1CCCC1. The topological polar surface area (TPSA) is 16.1 Å². The van der Waals surface area contributed by atoms with Crippen molar-refractivity contribution < 1.29 is 0 Å². The molecule has 16 heavy (non-hydrogen) atoms. The Kier molecular flexibility index (Phi) is 3.28. The second-order valence-corrected chi connectivity index (χ2v) is 4.80. The molecule has 0 bridgehead atoms. The molecule has 0 unspecified atom stereocenters. The maximum atomic E-state index is 4.31. The largest absolute Gasteiger partial charge is 0.371 e. The van der Waals surface area contributed by atoms with Gasteiger partial charge >= 0.3 is 0 Å². The predicted octanol–water partition coefficient (Wildman–Crippen LogP) is 3.27. The quantitative estimate of drug-likeness (QED) is 0.771. The third-order valence-corrected chi connectivity index (χ3v) is 3.25. The number of pyridine rings is 1. The zero-order chi connectivity index (χ0) is 11.5. The van der Waals surface area contributed by atoms with E-state index >= 15 is 0 Å². The zero-order valence-electron chi connectivity index (χ0n) is 10.2. The molecule has 1 aliphatic rings. The molecule has 0 amide bonds. The van der Waals surface area contributed by atoms with E-state index in [2.05, 4.69) is 36.4 Å². The first-order chi connectivity index (χ1) is 7.68. The highest BCUT2D eigenvalue weighted by Gasteiger charge is 2.15. The molecule has 0 aliphatic carbocycles. The monoisotopic (exact) mass is 216 g/mol. The third kappa shape index (κ3) is 2.26. The van der Waals surface area contributed by atoms with Crippen molar-refractivity contribution in [1.82, 2.24) is 9.88 Å². The van der Waals surface area contributed by atoms with Crippen molar-refractivity contribution in [2.75, 3.05) is 13.1 Å². The van der Waals surface area contributed by atoms with Gasteiger partial charge in [0.15, 0.2) is 0 Å². The smallest absolute Gasteiger partial charge is 0.0382 e. The van der Waals surface area contributed by atoms with Gasteiger partial charge in [0, 0.05) is 36.7 Å². The summed E-state index contributed by atoms with van der Waals surface area (Å²) in [5.41, 5.74) is 3.60. The van der Waals surface area contributed by atoms with E-state index in [-0.39, 0.29) is 0 Å². The molecule has 0 N–H and O–H groups in total. The van der Waals surface area contributed by atoms with E-state index in [9.17, 15) is 0 Å². The van der Waals surface area contributed by atoms with Gasteiger partial charge in [-0.1, -0.05) is 20.4 Å². The van der Waals surface area contributed by atoms with Crippen molar-refractivity contribution in [3.63, 3.8) is 0 Å². The Morgan fingerprint density at radius 3 is 2.62 bits per heavy atom. The Morgan fingerprint density at radius 2 is 2.00 bits per heavy atom. The summed E-state index contributed by atoms with van der Waals surface area (Å²) in [6, 6.07) is 2.22. The van der Waals surface area contributed by atoms with Gasteiger partial charge in [-0.3, -0.25) is 4.98 Å². The van der Waals surface area contributed by atoms with Crippen LogP contribution in [0.25, 0.3) is 5.70 Å². The average molecular weight is 216 g/mol. The maximum Gasteiger partial charge on any atom is 0.0382 e. The Hall–Kier alpha value is -1.31. The molecule has 0 aromatic carbocycles. The minimum absolute atomic E-state index is 0.527. The molecule has 2 heteroatoms. The van der Waals surface area contributed by atoms with Crippen molar-refractivity contribution in [2.24, 2.45) is 0 Å². The normalized spacial score (nSPS) is 15.8. The summed E-state index contributed by atoms with van der Waals surface area (Å²) < 4.78 is 0. The minimum Gasteiger partial charge on any atom is -0.371 e. The molecular formula is C14H20N2. The molecule has 0 radical (unpaired) electrons. The summed E-state index contributed by atoms with van der Waals surface area (Å²) in [5, 5.41) is 0. The molecule has 2 nitrogen and oxygen atoms in total. The van der Waals surface area contributed by atoms with E-state index in [1.54, 1.807) is 0 Å². The minimum atomic E-state index is 0.527. The Morgan fingerprint density at radius 1 is 1.31 bits per heavy atom. The van der Waals surface area contributed by atoms with Crippen LogP contribution in [0.3, 0.4) is 0 Å². The van der Waals surface area contributed by atoms with Crippen molar-refractivity contribution >= 4 is 5.70 Å². The van der Waals surface area contributed by atoms with Crippen molar-refractivity contribution in [2.45, 2.75) is 32.6 Å². The molecule has 0 spiro atoms. The van der Waals surface area contributed by atoms with Crippen molar-refractivity contribution in [3.05, 3.63) is 36.2 Å². The number of hydrogen-bond donors (Lipinski definition) is 0. The number of hydrogen-bond acceptors (Lipinski definition) is 2. The second kappa shape index (κ2) is 4.69. The molecule has 1 aromatic rings. The van der Waals surface area contributed by atoms with Gasteiger partial charge < -0.3 is 4.90 Å². The van der Waals surface area contributed by atoms with Gasteiger partial charge in [0.05, 0.1) is 0 Å². The molecule has 1 aliphatic heterocycles. The first-order valence-electron chi connectivity index (χ1n) is 6.07. The summed E-state index contributed by atoms with van der Waals surface area (Å²) in [4.78, 5) is 6.67. The van der Waals surface area contributed by atoms with Crippen LogP contribution in [0.1, 0.15) is 43.7 Å². The molecule has 1 aromatic heterocycles. The van der Waals surface area contributed by atoms with Crippen molar-refractivity contribution in [3.8, 4) is 0 Å². The lowest BCUT2D eigenvalue weighted by atomic mass is 10.0. The van der Waals surface area contributed by atoms with E-state index < -0.39 is 0 Å². The molecular weight excluding hydrogens is 196 g/mol. The Balaban J connectivity index is 2.19. The summed E-state index contributed by atoms with van der Waals surface area (Å²) in [7, 11) is 0. The van der Waals surface area contributed by atoms with Crippen LogP contribution < -0.4 is 0 Å². The highest BCUT2D eigenvalue weighted by molar-refractivity contribution is 5.61. The van der Waals surface area contributed by atoms with Crippen LogP contribution in [0, 0.1) is 0 Å². The Bertz CT molecular complexity index is 376. The van der Waals surface area contributed by atoms with Gasteiger partial charge in [0.1, 0.15) is 0 Å². The lowest BCUT2D eigenvalue weighted by molar-refractivity contribution is 0.494. The van der Waals surface area contributed by atoms with Gasteiger partial charge in [0.25, 0.3) is 0 Å². The van der Waals surface area contributed by atoms with E-state index in [0.29, 0.717) is 5.92 Å². The number of aromatic nitrogens is 1. The van der Waals surface area contributed by atoms with Gasteiger partial charge in [-0.25, -0.2) is 0 Å². The zero-order valence-corrected chi connectivity index (χ0v) is 10.2. The summed E-state index contributed by atoms with van der Waals surface area (Å²) in [6.45, 7) is 10.9. The molecule has 2 rings (SSSR count). The predicted molar refractivity (Wildman–Crippen MR) is 68.2 cm³/mol. The maximum absolute atomic E-state index is 4.31. The van der Waals surface area contributed by atoms with Gasteiger partial charge in [0.2, 0.25) is 0 Å². The van der Waals surface area contributed by atoms with E-state index in [1.807, 2.05) is 12.4 Å². The number of likely N-dealkylation sites (tertiary alicyclic amines) is 1. The van der Waals surface area contributed by atoms with Crippen LogP contribution in [0.2, 0.25) is 0 Å². The fourth-order valence-electron chi connectivity index (χ4n) is 2.10. The van der Waals surface area contributed by atoms with E-state index in [1.165, 1.54) is 24.0 Å². The van der Waals surface area contributed by atoms with Crippen LogP contribution in [-0.2, 0) is 0 Å². The number of rotatable bonds is 3. The van der Waals surface area contributed by atoms with Crippen LogP contribution in [-0.4, -0.2) is 23.0 Å². The number of nitrogens with zero attached hydrogens (tertiary/aromatic N) is 2. The third-order valence-electron chi connectivity index (χ3n) is 3.25. The highest BCUT2D eigenvalue weighted by atomic mass is 15.1. The Labute approximate surface area is 98.0 Å². The first-order valence-corrected chi connectivity index (χ1v) is 6.07. The lowest BCUT2D eigenvalue weighted by Crippen LogP contribution is -2.16. The molecule has 1 fully saturated rings. The lowest BCUT2D eigenvalue weighted by Gasteiger charge is -2.21. The average Bonchev–Trinajstić information content (AvgIpc) is 2.81. The van der Waals surface area contributed by atoms with Crippen LogP contribution >= 0.6 is 0 Å². The molecule has 2 heterocycles. The second-order valence-electron chi connectivity index (χ2n) is 4.80. The molecule has 1 saturated heterocycles. The van der Waals surface area contributed by atoms with E-state index in [0.717, 1.165) is 18.8 Å². The fourth-order valence-corrected chi connectivity index (χ4v) is 2.10. The van der Waals surface area contributed by atoms with Gasteiger partial charge in [-0.05, 0) is 30.4 Å². The van der Waals surface area contributed by atoms with E-state index in [4.69, 9.17) is 0 Å². The van der Waals surface area contributed by atoms with Crippen LogP contribution in [0.15, 0.2) is 25.0 Å². The standard InChI is InChI=1S/C14H20N2/c1-11(2)13-8-14(10-15-9-13)12(3)16-6-4-5-7-16/h8-11H,3-7H2,1-2H3. The summed E-state index contributed by atoms with van der Waals surface area (Å²) in [6.07, 6.45) is 6.45. The summed E-state index contributed by atoms with van der Waals surface area (Å²) >= 11 is 0. The van der Waals surface area contributed by atoms with Gasteiger partial charge in [-0.15, -0.1) is 0 Å². The molecule has 0 atom stereocenters. The summed E-state index contributed by atoms with van der Waals surface area (Å²) in [5.74, 6) is 0.527. The molecule has 0 saturated carbocycles.